The highest BCUT2D eigenvalue weighted by atomic mass is 16.6. The van der Waals surface area contributed by atoms with Crippen LogP contribution in [-0.4, -0.2) is 41.8 Å². The number of piperidine rings is 1. The Bertz CT molecular complexity index is 424. The van der Waals surface area contributed by atoms with Gasteiger partial charge in [-0.2, -0.15) is 0 Å². The minimum atomic E-state index is -0.460. The molecule has 2 unspecified atom stereocenters. The maximum atomic E-state index is 12.3. The molecular formula is C16H25NO4. The van der Waals surface area contributed by atoms with E-state index in [2.05, 4.69) is 4.74 Å². The summed E-state index contributed by atoms with van der Waals surface area (Å²) in [5, 5.41) is 0. The summed E-state index contributed by atoms with van der Waals surface area (Å²) in [4.78, 5) is 25.4. The van der Waals surface area contributed by atoms with Crippen LogP contribution in [0.25, 0.3) is 0 Å². The second-order valence-electron chi connectivity index (χ2n) is 6.89. The van der Waals surface area contributed by atoms with E-state index in [-0.39, 0.29) is 24.1 Å². The Morgan fingerprint density at radius 2 is 1.71 bits per heavy atom. The number of methoxy groups -OCH3 is 1. The predicted octanol–water partition coefficient (Wildman–Crippen LogP) is 2.89. The van der Waals surface area contributed by atoms with E-state index >= 15 is 0 Å². The molecule has 5 nitrogen and oxygen atoms in total. The molecule has 2 atom stereocenters. The Balaban J connectivity index is 1.97. The third kappa shape index (κ3) is 3.99. The molecule has 5 heteroatoms. The maximum Gasteiger partial charge on any atom is 0.410 e. The van der Waals surface area contributed by atoms with Gasteiger partial charge in [-0.15, -0.1) is 0 Å². The van der Waals surface area contributed by atoms with Crippen LogP contribution in [0.2, 0.25) is 0 Å². The first-order valence-corrected chi connectivity index (χ1v) is 7.57. The zero-order chi connectivity index (χ0) is 15.6. The summed E-state index contributed by atoms with van der Waals surface area (Å²) in [6.45, 7) is 5.66. The van der Waals surface area contributed by atoms with Gasteiger partial charge in [0.05, 0.1) is 7.11 Å². The van der Waals surface area contributed by atoms with E-state index < -0.39 is 5.60 Å². The fourth-order valence-electron chi connectivity index (χ4n) is 3.27. The molecule has 1 amide bonds. The van der Waals surface area contributed by atoms with E-state index in [1.54, 1.807) is 0 Å². The van der Waals surface area contributed by atoms with Crippen molar-refractivity contribution in [3.8, 4) is 0 Å². The molecule has 0 aromatic carbocycles. The fraction of sp³-hybridized carbons (Fsp3) is 0.750. The average molecular weight is 295 g/mol. The SMILES string of the molecule is COC(=O)/C=C/C1CC2CCC(C1)N2C(=O)OC(C)(C)C. The molecule has 0 spiro atoms. The van der Waals surface area contributed by atoms with E-state index in [1.807, 2.05) is 31.7 Å². The van der Waals surface area contributed by atoms with E-state index in [1.165, 1.54) is 13.2 Å². The zero-order valence-corrected chi connectivity index (χ0v) is 13.3. The summed E-state index contributed by atoms with van der Waals surface area (Å²) >= 11 is 0. The molecule has 0 aromatic heterocycles. The first kappa shape index (κ1) is 15.9. The third-order valence-electron chi connectivity index (χ3n) is 4.08. The summed E-state index contributed by atoms with van der Waals surface area (Å²) < 4.78 is 10.1. The highest BCUT2D eigenvalue weighted by Crippen LogP contribution is 2.39. The highest BCUT2D eigenvalue weighted by molar-refractivity contribution is 5.81. The van der Waals surface area contributed by atoms with E-state index in [9.17, 15) is 9.59 Å². The zero-order valence-electron chi connectivity index (χ0n) is 13.3. The standard InChI is InChI=1S/C16H25NO4/c1-16(2,3)21-15(19)17-12-6-7-13(17)10-11(9-12)5-8-14(18)20-4/h5,8,11-13H,6-7,9-10H2,1-4H3/b8-5+. The van der Waals surface area contributed by atoms with Gasteiger partial charge in [-0.1, -0.05) is 6.08 Å². The normalized spacial score (nSPS) is 28.8. The van der Waals surface area contributed by atoms with Crippen LogP contribution in [0, 0.1) is 5.92 Å². The van der Waals surface area contributed by atoms with Gasteiger partial charge >= 0.3 is 12.1 Å². The molecule has 2 rings (SSSR count). The lowest BCUT2D eigenvalue weighted by Gasteiger charge is -2.38. The molecule has 2 aliphatic heterocycles. The quantitative estimate of drug-likeness (QED) is 0.580. The Morgan fingerprint density at radius 1 is 1.14 bits per heavy atom. The van der Waals surface area contributed by atoms with Gasteiger partial charge < -0.3 is 14.4 Å². The predicted molar refractivity (Wildman–Crippen MR) is 78.8 cm³/mol. The number of hydrogen-bond donors (Lipinski definition) is 0. The minimum Gasteiger partial charge on any atom is -0.466 e. The summed E-state index contributed by atoms with van der Waals surface area (Å²) in [5.74, 6) is 0.0113. The lowest BCUT2D eigenvalue weighted by atomic mass is 9.90. The fourth-order valence-corrected chi connectivity index (χ4v) is 3.27. The Morgan fingerprint density at radius 3 is 2.19 bits per heavy atom. The number of carbonyl (C=O) groups excluding carboxylic acids is 2. The summed E-state index contributed by atoms with van der Waals surface area (Å²) in [5.41, 5.74) is -0.460. The van der Waals surface area contributed by atoms with Crippen LogP contribution >= 0.6 is 0 Å². The Hall–Kier alpha value is -1.52. The van der Waals surface area contributed by atoms with Gasteiger partial charge in [0.1, 0.15) is 5.60 Å². The number of ether oxygens (including phenoxy) is 2. The Kier molecular flexibility index (Phi) is 4.59. The number of rotatable bonds is 2. The van der Waals surface area contributed by atoms with Crippen LogP contribution in [0.3, 0.4) is 0 Å². The number of nitrogens with zero attached hydrogens (tertiary/aromatic N) is 1. The third-order valence-corrected chi connectivity index (χ3v) is 4.08. The largest absolute Gasteiger partial charge is 0.466 e. The van der Waals surface area contributed by atoms with Gasteiger partial charge in [0, 0.05) is 18.2 Å². The van der Waals surface area contributed by atoms with Crippen molar-refractivity contribution in [1.29, 1.82) is 0 Å². The lowest BCUT2D eigenvalue weighted by Crippen LogP contribution is -2.48. The van der Waals surface area contributed by atoms with Crippen molar-refractivity contribution in [3.05, 3.63) is 12.2 Å². The lowest BCUT2D eigenvalue weighted by molar-refractivity contribution is -0.134. The molecule has 0 radical (unpaired) electrons. The van der Waals surface area contributed by atoms with Crippen LogP contribution in [0.4, 0.5) is 4.79 Å². The average Bonchev–Trinajstić information content (AvgIpc) is 2.65. The minimum absolute atomic E-state index is 0.203. The van der Waals surface area contributed by atoms with Gasteiger partial charge in [0.2, 0.25) is 0 Å². The van der Waals surface area contributed by atoms with E-state index in [4.69, 9.17) is 4.74 Å². The monoisotopic (exact) mass is 295 g/mol. The number of esters is 1. The summed E-state index contributed by atoms with van der Waals surface area (Å²) in [6, 6.07) is 0.455. The molecule has 0 aliphatic carbocycles. The number of hydrogen-bond acceptors (Lipinski definition) is 4. The van der Waals surface area contributed by atoms with Gasteiger partial charge in [0.25, 0.3) is 0 Å². The van der Waals surface area contributed by atoms with Crippen molar-refractivity contribution in [2.24, 2.45) is 5.92 Å². The van der Waals surface area contributed by atoms with Crippen LogP contribution < -0.4 is 0 Å². The molecule has 2 heterocycles. The van der Waals surface area contributed by atoms with Crippen LogP contribution in [0.1, 0.15) is 46.5 Å². The van der Waals surface area contributed by atoms with Gasteiger partial charge in [-0.3, -0.25) is 0 Å². The van der Waals surface area contributed by atoms with Crippen LogP contribution in [-0.2, 0) is 14.3 Å². The Labute approximate surface area is 126 Å². The van der Waals surface area contributed by atoms with Gasteiger partial charge in [-0.25, -0.2) is 9.59 Å². The maximum absolute atomic E-state index is 12.3. The highest BCUT2D eigenvalue weighted by Gasteiger charge is 2.44. The van der Waals surface area contributed by atoms with Crippen molar-refractivity contribution in [2.75, 3.05) is 7.11 Å². The van der Waals surface area contributed by atoms with Crippen molar-refractivity contribution in [2.45, 2.75) is 64.1 Å². The topological polar surface area (TPSA) is 55.8 Å². The molecule has 2 aliphatic rings. The molecule has 2 bridgehead atoms. The first-order chi connectivity index (χ1) is 9.80. The van der Waals surface area contributed by atoms with E-state index in [0.29, 0.717) is 5.92 Å². The number of amides is 1. The van der Waals surface area contributed by atoms with Gasteiger partial charge in [-0.05, 0) is 52.4 Å². The molecule has 0 aromatic rings. The number of carbonyl (C=O) groups is 2. The van der Waals surface area contributed by atoms with Crippen molar-refractivity contribution < 1.29 is 19.1 Å². The second kappa shape index (κ2) is 6.08. The molecular weight excluding hydrogens is 270 g/mol. The summed E-state index contributed by atoms with van der Waals surface area (Å²) in [7, 11) is 1.38. The molecule has 118 valence electrons. The number of allylic oxidation sites excluding steroid dienone is 1. The van der Waals surface area contributed by atoms with Crippen molar-refractivity contribution in [1.82, 2.24) is 4.90 Å². The second-order valence-corrected chi connectivity index (χ2v) is 6.89. The van der Waals surface area contributed by atoms with Gasteiger partial charge in [0.15, 0.2) is 0 Å². The summed E-state index contributed by atoms with van der Waals surface area (Å²) in [6.07, 6.45) is 7.04. The molecule has 0 saturated carbocycles. The molecule has 2 fully saturated rings. The number of fused-ring (bicyclic) bond motifs is 2. The molecule has 21 heavy (non-hydrogen) atoms. The molecule has 2 saturated heterocycles. The van der Waals surface area contributed by atoms with Crippen LogP contribution in [0.15, 0.2) is 12.2 Å². The van der Waals surface area contributed by atoms with Crippen molar-refractivity contribution in [3.63, 3.8) is 0 Å². The van der Waals surface area contributed by atoms with Crippen LogP contribution in [0.5, 0.6) is 0 Å². The first-order valence-electron chi connectivity index (χ1n) is 7.57. The van der Waals surface area contributed by atoms with Crippen molar-refractivity contribution >= 4 is 12.1 Å². The smallest absolute Gasteiger partial charge is 0.410 e. The van der Waals surface area contributed by atoms with E-state index in [0.717, 1.165) is 25.7 Å². The molecule has 0 N–H and O–H groups in total.